The van der Waals surface area contributed by atoms with Crippen molar-refractivity contribution < 1.29 is 17.5 Å². The molecule has 2 rings (SSSR count). The molecule has 1 aromatic rings. The molecule has 0 radical (unpaired) electrons. The second-order valence-electron chi connectivity index (χ2n) is 4.20. The van der Waals surface area contributed by atoms with Crippen molar-refractivity contribution in [3.63, 3.8) is 0 Å². The van der Waals surface area contributed by atoms with Crippen LogP contribution in [0.3, 0.4) is 0 Å². The first-order valence-electron chi connectivity index (χ1n) is 5.71. The van der Waals surface area contributed by atoms with Gasteiger partial charge in [-0.2, -0.15) is 13.7 Å². The molecule has 1 fully saturated rings. The van der Waals surface area contributed by atoms with Crippen molar-refractivity contribution in [1.29, 1.82) is 5.26 Å². The Labute approximate surface area is 112 Å². The summed E-state index contributed by atoms with van der Waals surface area (Å²) in [5.74, 6) is 0. The van der Waals surface area contributed by atoms with E-state index >= 15 is 0 Å². The highest BCUT2D eigenvalue weighted by Gasteiger charge is 2.23. The normalized spacial score (nSPS) is 19.4. The van der Waals surface area contributed by atoms with E-state index in [0.29, 0.717) is 18.1 Å². The Morgan fingerprint density at radius 3 is 2.32 bits per heavy atom. The van der Waals surface area contributed by atoms with Crippen LogP contribution in [0.5, 0.6) is 0 Å². The van der Waals surface area contributed by atoms with Gasteiger partial charge >= 0.3 is 0 Å². The fraction of sp³-hybridized carbons (Fsp3) is 0.417. The van der Waals surface area contributed by atoms with Crippen molar-refractivity contribution in [2.45, 2.75) is 30.7 Å². The van der Waals surface area contributed by atoms with Crippen LogP contribution >= 0.6 is 0 Å². The third kappa shape index (κ3) is 4.95. The molecule has 5 nitrogen and oxygen atoms in total. The number of aryl methyl sites for hydroxylation is 1. The van der Waals surface area contributed by atoms with Gasteiger partial charge in [0.2, 0.25) is 0 Å². The number of halogens is 1. The van der Waals surface area contributed by atoms with E-state index in [1.807, 2.05) is 13.0 Å². The van der Waals surface area contributed by atoms with E-state index in [9.17, 15) is 12.9 Å². The van der Waals surface area contributed by atoms with Crippen LogP contribution in [-0.2, 0) is 10.1 Å². The smallest absolute Gasteiger partial charge is 0.282 e. The maximum absolute atomic E-state index is 12.2. The lowest BCUT2D eigenvalue weighted by molar-refractivity contribution is 0.0319. The minimum absolute atomic E-state index is 0.0666. The highest BCUT2D eigenvalue weighted by atomic mass is 32.2. The molecule has 0 aliphatic carbocycles. The Morgan fingerprint density at radius 2 is 2.00 bits per heavy atom. The number of rotatable bonds is 1. The van der Waals surface area contributed by atoms with E-state index in [-0.39, 0.29) is 4.90 Å². The van der Waals surface area contributed by atoms with Gasteiger partial charge in [-0.05, 0) is 31.9 Å². The maximum Gasteiger partial charge on any atom is 0.294 e. The zero-order chi connectivity index (χ0) is 14.5. The van der Waals surface area contributed by atoms with Crippen molar-refractivity contribution in [2.24, 2.45) is 0 Å². The van der Waals surface area contributed by atoms with E-state index in [1.54, 1.807) is 12.1 Å². The fourth-order valence-corrected chi connectivity index (χ4v) is 2.05. The van der Waals surface area contributed by atoms with Crippen LogP contribution in [0, 0.1) is 18.3 Å². The summed E-state index contributed by atoms with van der Waals surface area (Å²) in [5.41, 5.74) is 0.956. The Bertz CT molecular complexity index is 551. The molecule has 1 N–H and O–H groups in total. The molecule has 1 saturated heterocycles. The van der Waals surface area contributed by atoms with E-state index in [4.69, 9.17) is 9.81 Å². The number of hydrogen-bond donors (Lipinski definition) is 1. The molecule has 19 heavy (non-hydrogen) atoms. The molecule has 1 aliphatic rings. The molecule has 1 unspecified atom stereocenters. The Hall–Kier alpha value is -1.49. The first-order chi connectivity index (χ1) is 8.84. The zero-order valence-electron chi connectivity index (χ0n) is 10.5. The van der Waals surface area contributed by atoms with Gasteiger partial charge in [0.05, 0.1) is 11.0 Å². The van der Waals surface area contributed by atoms with Crippen LogP contribution in [-0.4, -0.2) is 30.7 Å². The van der Waals surface area contributed by atoms with E-state index in [2.05, 4.69) is 0 Å². The van der Waals surface area contributed by atoms with Crippen LogP contribution in [0.1, 0.15) is 18.4 Å². The molecule has 0 spiro atoms. The van der Waals surface area contributed by atoms with Gasteiger partial charge < -0.3 is 0 Å². The van der Waals surface area contributed by atoms with Gasteiger partial charge in [0, 0.05) is 6.54 Å². The molecule has 0 amide bonds. The minimum atomic E-state index is -4.02. The van der Waals surface area contributed by atoms with Crippen LogP contribution in [0.15, 0.2) is 29.2 Å². The largest absolute Gasteiger partial charge is 0.294 e. The topological polar surface area (TPSA) is 81.4 Å². The third-order valence-electron chi connectivity index (χ3n) is 2.66. The molecular formula is C12H15FN2O3S. The lowest BCUT2D eigenvalue weighted by atomic mass is 10.2. The molecule has 1 aliphatic heterocycles. The summed E-state index contributed by atoms with van der Waals surface area (Å²) in [5, 5.41) is 8.80. The summed E-state index contributed by atoms with van der Waals surface area (Å²) in [4.78, 5) is -0.0666. The number of benzene rings is 1. The second kappa shape index (κ2) is 6.61. The average molecular weight is 286 g/mol. The molecule has 1 aromatic carbocycles. The molecular weight excluding hydrogens is 271 g/mol. The van der Waals surface area contributed by atoms with E-state index < -0.39 is 16.2 Å². The van der Waals surface area contributed by atoms with Crippen molar-refractivity contribution >= 4 is 10.1 Å². The summed E-state index contributed by atoms with van der Waals surface area (Å²) in [6.07, 6.45) is 1.50. The lowest BCUT2D eigenvalue weighted by Gasteiger charge is -2.03. The monoisotopic (exact) mass is 286 g/mol. The van der Waals surface area contributed by atoms with Crippen LogP contribution < -0.4 is 0 Å². The highest BCUT2D eigenvalue weighted by molar-refractivity contribution is 7.85. The van der Waals surface area contributed by atoms with Crippen LogP contribution in [0.4, 0.5) is 4.48 Å². The molecule has 1 atom stereocenters. The van der Waals surface area contributed by atoms with Crippen molar-refractivity contribution in [2.75, 3.05) is 6.54 Å². The van der Waals surface area contributed by atoms with Gasteiger partial charge in [0.25, 0.3) is 10.1 Å². The highest BCUT2D eigenvalue weighted by Crippen LogP contribution is 2.15. The van der Waals surface area contributed by atoms with Crippen molar-refractivity contribution in [3.05, 3.63) is 29.8 Å². The maximum atomic E-state index is 12.2. The standard InChI is InChI=1S/C7H8O3S.C5H7FN2/c1-6-2-4-7(5-3-6)11(8,9)10;6-8-3-1-2-5(8)4-7/h2-5H,1H3,(H,8,9,10);5H,1-3H2. The van der Waals surface area contributed by atoms with Gasteiger partial charge in [0.1, 0.15) is 6.04 Å². The van der Waals surface area contributed by atoms with Gasteiger partial charge in [-0.1, -0.05) is 17.7 Å². The SMILES string of the molecule is Cc1ccc(S(=O)(=O)O)cc1.N#CC1CCCN1F. The Balaban J connectivity index is 0.000000200. The van der Waals surface area contributed by atoms with Gasteiger partial charge in [-0.3, -0.25) is 4.55 Å². The first kappa shape index (κ1) is 15.6. The molecule has 0 aromatic heterocycles. The minimum Gasteiger partial charge on any atom is -0.282 e. The van der Waals surface area contributed by atoms with Gasteiger partial charge in [-0.25, -0.2) is 0 Å². The Morgan fingerprint density at radius 1 is 1.42 bits per heavy atom. The second-order valence-corrected chi connectivity index (χ2v) is 5.62. The quantitative estimate of drug-likeness (QED) is 0.631. The van der Waals surface area contributed by atoms with Crippen molar-refractivity contribution in [3.8, 4) is 6.07 Å². The summed E-state index contributed by atoms with van der Waals surface area (Å²) in [7, 11) is -4.02. The van der Waals surface area contributed by atoms with Gasteiger partial charge in [0.15, 0.2) is 0 Å². The zero-order valence-corrected chi connectivity index (χ0v) is 11.3. The van der Waals surface area contributed by atoms with Gasteiger partial charge in [-0.15, -0.1) is 9.60 Å². The lowest BCUT2D eigenvalue weighted by Crippen LogP contribution is -2.17. The molecule has 0 saturated carbocycles. The Kier molecular flexibility index (Phi) is 5.42. The average Bonchev–Trinajstić information content (AvgIpc) is 2.75. The fourth-order valence-electron chi connectivity index (χ4n) is 1.57. The van der Waals surface area contributed by atoms with Crippen molar-refractivity contribution in [1.82, 2.24) is 5.12 Å². The molecule has 0 bridgehead atoms. The number of hydrogen-bond acceptors (Lipinski definition) is 4. The van der Waals surface area contributed by atoms with Crippen LogP contribution in [0.2, 0.25) is 0 Å². The van der Waals surface area contributed by atoms with Crippen LogP contribution in [0.25, 0.3) is 0 Å². The molecule has 104 valence electrons. The summed E-state index contributed by atoms with van der Waals surface area (Å²) in [6, 6.07) is 7.39. The number of nitrogens with zero attached hydrogens (tertiary/aromatic N) is 2. The first-order valence-corrected chi connectivity index (χ1v) is 7.15. The third-order valence-corrected chi connectivity index (χ3v) is 3.52. The predicted molar refractivity (Wildman–Crippen MR) is 67.4 cm³/mol. The van der Waals surface area contributed by atoms with E-state index in [1.165, 1.54) is 12.1 Å². The molecule has 7 heteroatoms. The van der Waals surface area contributed by atoms with E-state index in [0.717, 1.165) is 12.0 Å². The molecule has 1 heterocycles. The summed E-state index contributed by atoms with van der Waals surface area (Å²) < 4.78 is 41.8. The number of nitriles is 1. The summed E-state index contributed by atoms with van der Waals surface area (Å²) in [6.45, 7) is 2.27. The summed E-state index contributed by atoms with van der Waals surface area (Å²) >= 11 is 0. The predicted octanol–water partition coefficient (Wildman–Crippen LogP) is 2.10.